The smallest absolute Gasteiger partial charge is 0.416 e. The van der Waals surface area contributed by atoms with Gasteiger partial charge in [0.25, 0.3) is 0 Å². The second-order valence-corrected chi connectivity index (χ2v) is 6.11. The van der Waals surface area contributed by atoms with Gasteiger partial charge >= 0.3 is 6.18 Å². The summed E-state index contributed by atoms with van der Waals surface area (Å²) in [6.45, 7) is 0. The minimum absolute atomic E-state index is 0.122. The van der Waals surface area contributed by atoms with Crippen LogP contribution in [0.1, 0.15) is 18.4 Å². The maximum absolute atomic E-state index is 12.5. The maximum Gasteiger partial charge on any atom is 0.416 e. The molecule has 1 aliphatic carbocycles. The van der Waals surface area contributed by atoms with Crippen molar-refractivity contribution in [2.75, 3.05) is 0 Å². The average Bonchev–Trinajstić information content (AvgIpc) is 3.14. The Hall–Kier alpha value is -1.54. The third-order valence-corrected chi connectivity index (χ3v) is 4.52. The molecule has 0 bridgehead atoms. The molecule has 3 rings (SSSR count). The van der Waals surface area contributed by atoms with Gasteiger partial charge in [0.2, 0.25) is 0 Å². The van der Waals surface area contributed by atoms with Crippen LogP contribution in [0.5, 0.6) is 0 Å². The quantitative estimate of drug-likeness (QED) is 0.819. The predicted octanol–water partition coefficient (Wildman–Crippen LogP) is 2.64. The highest BCUT2D eigenvalue weighted by Crippen LogP contribution is 2.31. The minimum Gasteiger partial charge on any atom is -0.591 e. The molecule has 1 saturated carbocycles. The van der Waals surface area contributed by atoms with Crippen molar-refractivity contribution >= 4 is 11.4 Å². The lowest BCUT2D eigenvalue weighted by atomic mass is 10.1. The molecule has 1 aromatic carbocycles. The van der Waals surface area contributed by atoms with Gasteiger partial charge in [-0.3, -0.25) is 0 Å². The molecule has 0 amide bonds. The van der Waals surface area contributed by atoms with E-state index in [0.717, 1.165) is 25.0 Å². The number of halogens is 3. The summed E-state index contributed by atoms with van der Waals surface area (Å²) < 4.78 is 50.5. The van der Waals surface area contributed by atoms with Crippen molar-refractivity contribution in [2.24, 2.45) is 0 Å². The fraction of sp³-hybridized carbons (Fsp3) is 0.333. The first-order valence-electron chi connectivity index (χ1n) is 5.95. The predicted molar refractivity (Wildman–Crippen MR) is 67.0 cm³/mol. The van der Waals surface area contributed by atoms with Gasteiger partial charge in [-0.15, -0.1) is 5.10 Å². The Kier molecular flexibility index (Phi) is 3.21. The third-order valence-electron chi connectivity index (χ3n) is 2.94. The van der Waals surface area contributed by atoms with E-state index in [1.807, 2.05) is 0 Å². The highest BCUT2D eigenvalue weighted by atomic mass is 32.2. The average molecular weight is 301 g/mol. The SMILES string of the molecule is [O-][S+](C1CC1)n1cnc(-c2ccc(C(F)(F)F)cc2)n1. The van der Waals surface area contributed by atoms with Crippen LogP contribution in [0.15, 0.2) is 30.6 Å². The number of hydrogen-bond acceptors (Lipinski definition) is 3. The minimum atomic E-state index is -4.36. The van der Waals surface area contributed by atoms with E-state index < -0.39 is 23.1 Å². The van der Waals surface area contributed by atoms with Crippen LogP contribution in [0.25, 0.3) is 11.4 Å². The van der Waals surface area contributed by atoms with Crippen molar-refractivity contribution < 1.29 is 17.7 Å². The third kappa shape index (κ3) is 2.66. The molecule has 2 aromatic rings. The largest absolute Gasteiger partial charge is 0.591 e. The second-order valence-electron chi connectivity index (χ2n) is 4.52. The summed E-state index contributed by atoms with van der Waals surface area (Å²) in [5.74, 6) is 0.271. The van der Waals surface area contributed by atoms with Crippen LogP contribution >= 0.6 is 0 Å². The van der Waals surface area contributed by atoms with Gasteiger partial charge in [0, 0.05) is 18.4 Å². The molecule has 1 heterocycles. The van der Waals surface area contributed by atoms with Crippen LogP contribution in [0, 0.1) is 0 Å². The lowest BCUT2D eigenvalue weighted by Gasteiger charge is -2.06. The molecule has 0 saturated heterocycles. The summed E-state index contributed by atoms with van der Waals surface area (Å²) >= 11 is -1.23. The first-order chi connectivity index (χ1) is 9.45. The Morgan fingerprint density at radius 3 is 2.40 bits per heavy atom. The van der Waals surface area contributed by atoms with Crippen LogP contribution in [-0.4, -0.2) is 24.0 Å². The molecule has 0 aliphatic heterocycles. The van der Waals surface area contributed by atoms with Gasteiger partial charge < -0.3 is 4.55 Å². The van der Waals surface area contributed by atoms with Gasteiger partial charge in [0.05, 0.1) is 16.9 Å². The van der Waals surface area contributed by atoms with Crippen LogP contribution < -0.4 is 0 Å². The van der Waals surface area contributed by atoms with E-state index in [2.05, 4.69) is 10.1 Å². The Balaban J connectivity index is 1.82. The summed E-state index contributed by atoms with van der Waals surface area (Å²) in [4.78, 5) is 3.99. The number of hydrogen-bond donors (Lipinski definition) is 0. The topological polar surface area (TPSA) is 53.8 Å². The number of rotatable bonds is 3. The summed E-state index contributed by atoms with van der Waals surface area (Å²) in [6.07, 6.45) is -1.20. The van der Waals surface area contributed by atoms with Crippen LogP contribution in [0.4, 0.5) is 13.2 Å². The molecule has 1 unspecified atom stereocenters. The Labute approximate surface area is 115 Å². The maximum atomic E-state index is 12.5. The highest BCUT2D eigenvalue weighted by Gasteiger charge is 2.37. The molecular formula is C12H10F3N3OS. The first-order valence-corrected chi connectivity index (χ1v) is 7.12. The van der Waals surface area contributed by atoms with Crippen molar-refractivity contribution in [2.45, 2.75) is 24.3 Å². The van der Waals surface area contributed by atoms with E-state index >= 15 is 0 Å². The van der Waals surface area contributed by atoms with E-state index in [0.29, 0.717) is 5.56 Å². The highest BCUT2D eigenvalue weighted by molar-refractivity contribution is 7.90. The van der Waals surface area contributed by atoms with Crippen LogP contribution in [0.3, 0.4) is 0 Å². The molecule has 0 spiro atoms. The Bertz CT molecular complexity index is 607. The number of aromatic nitrogens is 3. The monoisotopic (exact) mass is 301 g/mol. The van der Waals surface area contributed by atoms with Crippen molar-refractivity contribution in [3.63, 3.8) is 0 Å². The molecule has 1 aromatic heterocycles. The van der Waals surface area contributed by atoms with Crippen molar-refractivity contribution in [3.05, 3.63) is 36.2 Å². The fourth-order valence-electron chi connectivity index (χ4n) is 1.70. The van der Waals surface area contributed by atoms with Gasteiger partial charge in [0.1, 0.15) is 5.25 Å². The molecule has 1 atom stereocenters. The van der Waals surface area contributed by atoms with Crippen molar-refractivity contribution in [3.8, 4) is 11.4 Å². The molecule has 1 aliphatic rings. The molecule has 1 fully saturated rings. The van der Waals surface area contributed by atoms with E-state index in [9.17, 15) is 17.7 Å². The van der Waals surface area contributed by atoms with Crippen molar-refractivity contribution in [1.29, 1.82) is 0 Å². The summed E-state index contributed by atoms with van der Waals surface area (Å²) in [5, 5.41) is 4.18. The van der Waals surface area contributed by atoms with E-state index in [4.69, 9.17) is 0 Å². The number of nitrogens with zero attached hydrogens (tertiary/aromatic N) is 3. The lowest BCUT2D eigenvalue weighted by molar-refractivity contribution is -0.137. The van der Waals surface area contributed by atoms with E-state index in [1.54, 1.807) is 0 Å². The molecule has 8 heteroatoms. The molecule has 4 nitrogen and oxygen atoms in total. The first kappa shape index (κ1) is 13.4. The number of benzene rings is 1. The summed E-state index contributed by atoms with van der Waals surface area (Å²) in [7, 11) is 0. The van der Waals surface area contributed by atoms with Crippen LogP contribution in [-0.2, 0) is 17.5 Å². The van der Waals surface area contributed by atoms with Gasteiger partial charge in [0.15, 0.2) is 12.2 Å². The summed E-state index contributed by atoms with van der Waals surface area (Å²) in [6, 6.07) is 4.58. The molecular weight excluding hydrogens is 291 g/mol. The zero-order chi connectivity index (χ0) is 14.3. The summed E-state index contributed by atoms with van der Waals surface area (Å²) in [5.41, 5.74) is -0.258. The van der Waals surface area contributed by atoms with Gasteiger partial charge in [-0.05, 0) is 12.1 Å². The lowest BCUT2D eigenvalue weighted by Crippen LogP contribution is -2.17. The fourth-order valence-corrected chi connectivity index (χ4v) is 2.84. The molecule has 106 valence electrons. The standard InChI is InChI=1S/C12H10F3N3OS/c13-12(14,15)9-3-1-8(2-4-9)11-16-7-18(17-11)20(19)10-5-6-10/h1-4,7,10H,5-6H2. The van der Waals surface area contributed by atoms with E-state index in [1.165, 1.54) is 22.5 Å². The molecule has 0 N–H and O–H groups in total. The van der Waals surface area contributed by atoms with Crippen LogP contribution in [0.2, 0.25) is 0 Å². The zero-order valence-electron chi connectivity index (χ0n) is 10.2. The van der Waals surface area contributed by atoms with E-state index in [-0.39, 0.29) is 11.1 Å². The van der Waals surface area contributed by atoms with Gasteiger partial charge in [-0.2, -0.15) is 13.2 Å². The normalized spacial score (nSPS) is 17.2. The zero-order valence-corrected chi connectivity index (χ0v) is 11.0. The Morgan fingerprint density at radius 1 is 1.20 bits per heavy atom. The molecule has 20 heavy (non-hydrogen) atoms. The molecule has 0 radical (unpaired) electrons. The van der Waals surface area contributed by atoms with Gasteiger partial charge in [-0.25, -0.2) is 4.98 Å². The number of alkyl halides is 3. The van der Waals surface area contributed by atoms with Gasteiger partial charge in [-0.1, -0.05) is 16.2 Å². The second kappa shape index (κ2) is 4.78. The Morgan fingerprint density at radius 2 is 1.85 bits per heavy atom. The van der Waals surface area contributed by atoms with Crippen molar-refractivity contribution in [1.82, 2.24) is 14.2 Å².